The van der Waals surface area contributed by atoms with E-state index >= 15 is 0 Å². The Morgan fingerprint density at radius 1 is 1.13 bits per heavy atom. The molecule has 0 saturated carbocycles. The number of para-hydroxylation sites is 1. The van der Waals surface area contributed by atoms with Crippen LogP contribution in [0.1, 0.15) is 55.8 Å². The molecule has 23 heavy (non-hydrogen) atoms. The lowest BCUT2D eigenvalue weighted by Gasteiger charge is -2.07. The lowest BCUT2D eigenvalue weighted by molar-refractivity contribution is 0.0946. The first-order chi connectivity index (χ1) is 11.1. The van der Waals surface area contributed by atoms with Crippen LogP contribution in [0, 0.1) is 0 Å². The van der Waals surface area contributed by atoms with E-state index in [0.29, 0.717) is 11.9 Å². The van der Waals surface area contributed by atoms with Crippen LogP contribution in [0.4, 0.5) is 0 Å². The number of carbonyl (C=O) groups is 1. The molecule has 0 spiro atoms. The highest BCUT2D eigenvalue weighted by Crippen LogP contribution is 2.25. The van der Waals surface area contributed by atoms with Crippen LogP contribution in [-0.4, -0.2) is 17.6 Å². The predicted molar refractivity (Wildman–Crippen MR) is 89.9 cm³/mol. The van der Waals surface area contributed by atoms with Crippen molar-refractivity contribution >= 4 is 16.9 Å². The number of hydrogen-bond donors (Lipinski definition) is 2. The molecule has 0 aliphatic heterocycles. The number of carbonyl (C=O) groups excluding carboxylic acids is 1. The van der Waals surface area contributed by atoms with E-state index in [0.717, 1.165) is 19.3 Å². The average Bonchev–Trinajstić information content (AvgIpc) is 2.54. The van der Waals surface area contributed by atoms with Crippen molar-refractivity contribution in [3.63, 3.8) is 0 Å². The maximum atomic E-state index is 12.1. The summed E-state index contributed by atoms with van der Waals surface area (Å²) in [7, 11) is 0. The summed E-state index contributed by atoms with van der Waals surface area (Å²) < 4.78 is 5.09. The Kier molecular flexibility index (Phi) is 6.20. The molecule has 2 aromatic rings. The van der Waals surface area contributed by atoms with E-state index in [1.54, 1.807) is 24.3 Å². The van der Waals surface area contributed by atoms with Crippen molar-refractivity contribution in [1.82, 2.24) is 5.32 Å². The topological polar surface area (TPSA) is 79.5 Å². The predicted octanol–water partition coefficient (Wildman–Crippen LogP) is 3.59. The first-order valence-electron chi connectivity index (χ1n) is 8.18. The van der Waals surface area contributed by atoms with Crippen LogP contribution >= 0.6 is 0 Å². The summed E-state index contributed by atoms with van der Waals surface area (Å²) in [6.07, 6.45) is 6.69. The third-order valence-electron chi connectivity index (χ3n) is 3.83. The molecule has 0 aliphatic carbocycles. The highest BCUT2D eigenvalue weighted by Gasteiger charge is 2.20. The summed E-state index contributed by atoms with van der Waals surface area (Å²) in [5, 5.41) is 13.2. The van der Waals surface area contributed by atoms with Crippen LogP contribution in [0.2, 0.25) is 0 Å². The van der Waals surface area contributed by atoms with Gasteiger partial charge in [0.2, 0.25) is 0 Å². The Bertz CT molecular complexity index is 721. The number of hydrogen-bond acceptors (Lipinski definition) is 4. The number of fused-ring (bicyclic) bond motifs is 1. The Hall–Kier alpha value is -2.30. The first-order valence-corrected chi connectivity index (χ1v) is 8.18. The molecule has 0 fully saturated rings. The zero-order chi connectivity index (χ0) is 16.7. The van der Waals surface area contributed by atoms with Gasteiger partial charge < -0.3 is 14.8 Å². The van der Waals surface area contributed by atoms with Crippen LogP contribution in [0.25, 0.3) is 11.0 Å². The second-order valence-electron chi connectivity index (χ2n) is 5.63. The van der Waals surface area contributed by atoms with Gasteiger partial charge in [-0.25, -0.2) is 4.79 Å². The van der Waals surface area contributed by atoms with Crippen LogP contribution in [0.3, 0.4) is 0 Å². The Balaban J connectivity index is 1.97. The minimum absolute atomic E-state index is 0.266. The molecule has 2 rings (SSSR count). The van der Waals surface area contributed by atoms with Crippen LogP contribution in [0.15, 0.2) is 33.5 Å². The Morgan fingerprint density at radius 3 is 2.61 bits per heavy atom. The molecule has 0 radical (unpaired) electrons. The van der Waals surface area contributed by atoms with Crippen LogP contribution in [0.5, 0.6) is 5.75 Å². The summed E-state index contributed by atoms with van der Waals surface area (Å²) in [5.41, 5.74) is -0.876. The largest absolute Gasteiger partial charge is 0.506 e. The monoisotopic (exact) mass is 317 g/mol. The van der Waals surface area contributed by atoms with E-state index in [1.807, 2.05) is 0 Å². The number of rotatable bonds is 8. The summed E-state index contributed by atoms with van der Waals surface area (Å²) in [5.74, 6) is -0.909. The molecule has 0 saturated heterocycles. The number of benzene rings is 1. The van der Waals surface area contributed by atoms with Crippen LogP contribution in [-0.2, 0) is 0 Å². The van der Waals surface area contributed by atoms with E-state index in [1.165, 1.54) is 19.3 Å². The van der Waals surface area contributed by atoms with Crippen LogP contribution < -0.4 is 10.9 Å². The molecule has 0 bridgehead atoms. The Morgan fingerprint density at radius 2 is 1.83 bits per heavy atom. The Labute approximate surface area is 135 Å². The van der Waals surface area contributed by atoms with Crippen molar-refractivity contribution in [3.05, 3.63) is 40.2 Å². The molecule has 0 atom stereocenters. The number of aromatic hydroxyl groups is 1. The van der Waals surface area contributed by atoms with Gasteiger partial charge in [-0.2, -0.15) is 0 Å². The molecule has 0 aliphatic rings. The van der Waals surface area contributed by atoms with E-state index in [-0.39, 0.29) is 16.9 Å². The average molecular weight is 317 g/mol. The van der Waals surface area contributed by atoms with E-state index in [9.17, 15) is 14.7 Å². The van der Waals surface area contributed by atoms with E-state index in [4.69, 9.17) is 4.42 Å². The van der Waals surface area contributed by atoms with Gasteiger partial charge in [0.15, 0.2) is 5.56 Å². The fourth-order valence-electron chi connectivity index (χ4n) is 2.53. The molecule has 1 amide bonds. The molecule has 1 aromatic carbocycles. The van der Waals surface area contributed by atoms with Gasteiger partial charge in [-0.3, -0.25) is 4.79 Å². The maximum absolute atomic E-state index is 12.1. The molecule has 124 valence electrons. The molecule has 5 heteroatoms. The second kappa shape index (κ2) is 8.36. The van der Waals surface area contributed by atoms with Gasteiger partial charge in [0.25, 0.3) is 5.91 Å². The standard InChI is InChI=1S/C18H23NO4/c1-2-3-4-5-6-9-12-19-17(21)15-16(20)13-10-7-8-11-14(13)23-18(15)22/h7-8,10-11,20H,2-6,9,12H2,1H3,(H,19,21). The maximum Gasteiger partial charge on any atom is 0.353 e. The molecular formula is C18H23NO4. The highest BCUT2D eigenvalue weighted by atomic mass is 16.4. The minimum Gasteiger partial charge on any atom is -0.506 e. The minimum atomic E-state index is -0.818. The van der Waals surface area contributed by atoms with E-state index < -0.39 is 11.5 Å². The lowest BCUT2D eigenvalue weighted by Crippen LogP contribution is -2.29. The zero-order valence-corrected chi connectivity index (χ0v) is 13.4. The molecular weight excluding hydrogens is 294 g/mol. The summed E-state index contributed by atoms with van der Waals surface area (Å²) in [6.45, 7) is 2.65. The smallest absolute Gasteiger partial charge is 0.353 e. The van der Waals surface area contributed by atoms with Crippen molar-refractivity contribution in [2.75, 3.05) is 6.54 Å². The first kappa shape index (κ1) is 17.1. The third-order valence-corrected chi connectivity index (χ3v) is 3.83. The van der Waals surface area contributed by atoms with Gasteiger partial charge in [0.1, 0.15) is 11.3 Å². The van der Waals surface area contributed by atoms with Gasteiger partial charge in [0.05, 0.1) is 5.39 Å². The molecule has 5 nitrogen and oxygen atoms in total. The summed E-state index contributed by atoms with van der Waals surface area (Å²) >= 11 is 0. The number of unbranched alkanes of at least 4 members (excludes halogenated alkanes) is 5. The van der Waals surface area contributed by atoms with Gasteiger partial charge in [-0.15, -0.1) is 0 Å². The van der Waals surface area contributed by atoms with Crippen molar-refractivity contribution in [2.45, 2.75) is 45.4 Å². The van der Waals surface area contributed by atoms with Crippen molar-refractivity contribution in [2.24, 2.45) is 0 Å². The lowest BCUT2D eigenvalue weighted by atomic mass is 10.1. The van der Waals surface area contributed by atoms with Crippen molar-refractivity contribution in [3.8, 4) is 5.75 Å². The van der Waals surface area contributed by atoms with Gasteiger partial charge >= 0.3 is 5.63 Å². The highest BCUT2D eigenvalue weighted by molar-refractivity contribution is 6.01. The third kappa shape index (κ3) is 4.34. The molecule has 1 aromatic heterocycles. The molecule has 1 heterocycles. The quantitative estimate of drug-likeness (QED) is 0.576. The number of amides is 1. The van der Waals surface area contributed by atoms with Gasteiger partial charge in [0, 0.05) is 6.54 Å². The van der Waals surface area contributed by atoms with E-state index in [2.05, 4.69) is 12.2 Å². The molecule has 2 N–H and O–H groups in total. The fraction of sp³-hybridized carbons (Fsp3) is 0.444. The second-order valence-corrected chi connectivity index (χ2v) is 5.63. The summed E-state index contributed by atoms with van der Waals surface area (Å²) in [6, 6.07) is 6.59. The molecule has 0 unspecified atom stereocenters. The summed E-state index contributed by atoms with van der Waals surface area (Å²) in [4.78, 5) is 24.0. The zero-order valence-electron chi connectivity index (χ0n) is 13.4. The normalized spacial score (nSPS) is 10.8. The van der Waals surface area contributed by atoms with Crippen molar-refractivity contribution in [1.29, 1.82) is 0 Å². The fourth-order valence-corrected chi connectivity index (χ4v) is 2.53. The SMILES string of the molecule is CCCCCCCCNC(=O)c1c(O)c2ccccc2oc1=O. The van der Waals surface area contributed by atoms with Gasteiger partial charge in [-0.05, 0) is 18.6 Å². The number of nitrogens with one attached hydrogen (secondary N) is 1. The van der Waals surface area contributed by atoms with Gasteiger partial charge in [-0.1, -0.05) is 51.2 Å². The van der Waals surface area contributed by atoms with Crippen molar-refractivity contribution < 1.29 is 14.3 Å².